The standard InChI is InChI=1S/C18H20N2O4S/c21-20(22)17-8-6-16(7-9-17)13-19(12-15-4-2-1-3-5-15)18-10-11-25(23,24)14-18/h1-9,18H,10-14H2/t18-/m0/s1. The molecule has 6 nitrogen and oxygen atoms in total. The van der Waals surface area contributed by atoms with E-state index in [1.165, 1.54) is 12.1 Å². The molecule has 0 radical (unpaired) electrons. The summed E-state index contributed by atoms with van der Waals surface area (Å²) in [5.74, 6) is 0.399. The number of nitro benzene ring substituents is 1. The van der Waals surface area contributed by atoms with Crippen molar-refractivity contribution >= 4 is 15.5 Å². The number of nitro groups is 1. The van der Waals surface area contributed by atoms with E-state index in [0.29, 0.717) is 19.5 Å². The summed E-state index contributed by atoms with van der Waals surface area (Å²) in [4.78, 5) is 12.5. The van der Waals surface area contributed by atoms with Crippen molar-refractivity contribution in [2.45, 2.75) is 25.6 Å². The highest BCUT2D eigenvalue weighted by atomic mass is 32.2. The summed E-state index contributed by atoms with van der Waals surface area (Å²) in [5.41, 5.74) is 2.11. The van der Waals surface area contributed by atoms with Crippen LogP contribution in [0.2, 0.25) is 0 Å². The highest BCUT2D eigenvalue weighted by Gasteiger charge is 2.32. The normalized spacial score (nSPS) is 19.2. The fourth-order valence-electron chi connectivity index (χ4n) is 3.15. The van der Waals surface area contributed by atoms with Crippen LogP contribution in [0.1, 0.15) is 17.5 Å². The van der Waals surface area contributed by atoms with Gasteiger partial charge in [-0.05, 0) is 17.5 Å². The van der Waals surface area contributed by atoms with Crippen LogP contribution in [0.15, 0.2) is 54.6 Å². The molecule has 7 heteroatoms. The molecule has 0 saturated carbocycles. The summed E-state index contributed by atoms with van der Waals surface area (Å²) in [6, 6.07) is 16.3. The van der Waals surface area contributed by atoms with Gasteiger partial charge in [0.05, 0.1) is 16.4 Å². The molecule has 1 aliphatic rings. The third-order valence-electron chi connectivity index (χ3n) is 4.49. The number of sulfone groups is 1. The Morgan fingerprint density at radius 1 is 1.00 bits per heavy atom. The summed E-state index contributed by atoms with van der Waals surface area (Å²) in [6.45, 7) is 1.21. The highest BCUT2D eigenvalue weighted by molar-refractivity contribution is 7.91. The van der Waals surface area contributed by atoms with Crippen LogP contribution >= 0.6 is 0 Å². The maximum Gasteiger partial charge on any atom is 0.269 e. The van der Waals surface area contributed by atoms with Gasteiger partial charge in [0, 0.05) is 31.3 Å². The molecule has 0 amide bonds. The predicted molar refractivity (Wildman–Crippen MR) is 95.8 cm³/mol. The molecule has 0 spiro atoms. The molecular weight excluding hydrogens is 340 g/mol. The van der Waals surface area contributed by atoms with Gasteiger partial charge in [-0.25, -0.2) is 8.42 Å². The van der Waals surface area contributed by atoms with E-state index in [-0.39, 0.29) is 23.2 Å². The van der Waals surface area contributed by atoms with Crippen LogP contribution in [-0.2, 0) is 22.9 Å². The van der Waals surface area contributed by atoms with Gasteiger partial charge in [-0.1, -0.05) is 42.5 Å². The van der Waals surface area contributed by atoms with Gasteiger partial charge >= 0.3 is 0 Å². The van der Waals surface area contributed by atoms with Crippen LogP contribution < -0.4 is 0 Å². The van der Waals surface area contributed by atoms with E-state index in [2.05, 4.69) is 4.90 Å². The van der Waals surface area contributed by atoms with Crippen molar-refractivity contribution in [3.8, 4) is 0 Å². The van der Waals surface area contributed by atoms with Crippen molar-refractivity contribution < 1.29 is 13.3 Å². The Morgan fingerprint density at radius 2 is 1.60 bits per heavy atom. The van der Waals surface area contributed by atoms with Gasteiger partial charge in [0.1, 0.15) is 0 Å². The van der Waals surface area contributed by atoms with Crippen molar-refractivity contribution in [3.05, 3.63) is 75.8 Å². The van der Waals surface area contributed by atoms with Crippen LogP contribution in [0.3, 0.4) is 0 Å². The summed E-state index contributed by atoms with van der Waals surface area (Å²) < 4.78 is 23.7. The maximum absolute atomic E-state index is 11.9. The molecule has 0 aliphatic carbocycles. The van der Waals surface area contributed by atoms with Gasteiger partial charge in [0.25, 0.3) is 5.69 Å². The van der Waals surface area contributed by atoms with Crippen molar-refractivity contribution in [1.29, 1.82) is 0 Å². The zero-order valence-electron chi connectivity index (χ0n) is 13.7. The molecule has 132 valence electrons. The Balaban J connectivity index is 1.79. The molecule has 0 N–H and O–H groups in total. The Hall–Kier alpha value is -2.25. The van der Waals surface area contributed by atoms with Gasteiger partial charge in [-0.3, -0.25) is 15.0 Å². The third kappa shape index (κ3) is 4.64. The fraction of sp³-hybridized carbons (Fsp3) is 0.333. The Labute approximate surface area is 147 Å². The lowest BCUT2D eigenvalue weighted by Crippen LogP contribution is -2.35. The van der Waals surface area contributed by atoms with Gasteiger partial charge in [-0.2, -0.15) is 0 Å². The number of non-ortho nitro benzene ring substituents is 1. The first-order valence-electron chi connectivity index (χ1n) is 8.15. The van der Waals surface area contributed by atoms with Gasteiger partial charge in [-0.15, -0.1) is 0 Å². The van der Waals surface area contributed by atoms with Crippen LogP contribution in [0.25, 0.3) is 0 Å². The number of rotatable bonds is 6. The first kappa shape index (κ1) is 17.6. The largest absolute Gasteiger partial charge is 0.291 e. The Morgan fingerprint density at radius 3 is 2.12 bits per heavy atom. The lowest BCUT2D eigenvalue weighted by Gasteiger charge is -2.28. The summed E-state index contributed by atoms with van der Waals surface area (Å²) >= 11 is 0. The van der Waals surface area contributed by atoms with Gasteiger partial charge in [0.2, 0.25) is 0 Å². The maximum atomic E-state index is 11.9. The van der Waals surface area contributed by atoms with Crippen molar-refractivity contribution in [3.63, 3.8) is 0 Å². The number of hydrogen-bond acceptors (Lipinski definition) is 5. The molecule has 1 aliphatic heterocycles. The SMILES string of the molecule is O=[N+]([O-])c1ccc(CN(Cc2ccccc2)[C@H]2CCS(=O)(=O)C2)cc1. The molecule has 1 atom stereocenters. The van der Waals surface area contributed by atoms with Crippen molar-refractivity contribution in [1.82, 2.24) is 4.90 Å². The molecule has 2 aromatic carbocycles. The van der Waals surface area contributed by atoms with Gasteiger partial charge in [0.15, 0.2) is 9.84 Å². The Kier molecular flexibility index (Phi) is 5.15. The minimum atomic E-state index is -2.97. The summed E-state index contributed by atoms with van der Waals surface area (Å²) in [6.07, 6.45) is 0.627. The molecule has 1 saturated heterocycles. The van der Waals surface area contributed by atoms with E-state index < -0.39 is 14.8 Å². The lowest BCUT2D eigenvalue weighted by molar-refractivity contribution is -0.384. The molecule has 3 rings (SSSR count). The van der Waals surface area contributed by atoms with E-state index >= 15 is 0 Å². The van der Waals surface area contributed by atoms with Crippen LogP contribution in [-0.4, -0.2) is 35.8 Å². The molecule has 1 fully saturated rings. The number of hydrogen-bond donors (Lipinski definition) is 0. The second kappa shape index (κ2) is 7.33. The zero-order chi connectivity index (χ0) is 17.9. The predicted octanol–water partition coefficient (Wildman–Crippen LogP) is 2.78. The summed E-state index contributed by atoms with van der Waals surface area (Å²) in [5, 5.41) is 10.8. The fourth-order valence-corrected chi connectivity index (χ4v) is 4.91. The van der Waals surface area contributed by atoms with Crippen LogP contribution in [0, 0.1) is 10.1 Å². The van der Waals surface area contributed by atoms with E-state index in [1.54, 1.807) is 12.1 Å². The average molecular weight is 360 g/mol. The van der Waals surface area contributed by atoms with E-state index in [1.807, 2.05) is 30.3 Å². The molecule has 1 heterocycles. The topological polar surface area (TPSA) is 80.5 Å². The second-order valence-electron chi connectivity index (χ2n) is 6.37. The molecule has 2 aromatic rings. The Bertz CT molecular complexity index is 835. The molecular formula is C18H20N2O4S. The summed E-state index contributed by atoms with van der Waals surface area (Å²) in [7, 11) is -2.97. The van der Waals surface area contributed by atoms with Crippen molar-refractivity contribution in [2.24, 2.45) is 0 Å². The lowest BCUT2D eigenvalue weighted by atomic mass is 10.1. The van der Waals surface area contributed by atoms with E-state index in [9.17, 15) is 18.5 Å². The molecule has 0 unspecified atom stereocenters. The minimum Gasteiger partial charge on any atom is -0.291 e. The molecule has 25 heavy (non-hydrogen) atoms. The van der Waals surface area contributed by atoms with Crippen LogP contribution in [0.5, 0.6) is 0 Å². The van der Waals surface area contributed by atoms with E-state index in [0.717, 1.165) is 11.1 Å². The highest BCUT2D eigenvalue weighted by Crippen LogP contribution is 2.23. The first-order valence-corrected chi connectivity index (χ1v) is 9.97. The quantitative estimate of drug-likeness (QED) is 0.584. The molecule has 0 aromatic heterocycles. The minimum absolute atomic E-state index is 0.0274. The number of nitrogens with zero attached hydrogens (tertiary/aromatic N) is 2. The first-order chi connectivity index (χ1) is 11.9. The number of benzene rings is 2. The third-order valence-corrected chi connectivity index (χ3v) is 6.24. The van der Waals surface area contributed by atoms with Crippen molar-refractivity contribution in [2.75, 3.05) is 11.5 Å². The molecule has 0 bridgehead atoms. The van der Waals surface area contributed by atoms with E-state index in [4.69, 9.17) is 0 Å². The van der Waals surface area contributed by atoms with Gasteiger partial charge < -0.3 is 0 Å². The average Bonchev–Trinajstić information content (AvgIpc) is 2.96. The zero-order valence-corrected chi connectivity index (χ0v) is 14.6. The smallest absolute Gasteiger partial charge is 0.269 e. The van der Waals surface area contributed by atoms with Crippen LogP contribution in [0.4, 0.5) is 5.69 Å². The second-order valence-corrected chi connectivity index (χ2v) is 8.60. The monoisotopic (exact) mass is 360 g/mol.